The van der Waals surface area contributed by atoms with E-state index >= 15 is 0 Å². The van der Waals surface area contributed by atoms with Crippen LogP contribution in [0.2, 0.25) is 0 Å². The van der Waals surface area contributed by atoms with Crippen molar-refractivity contribution in [2.24, 2.45) is 0 Å². The van der Waals surface area contributed by atoms with Crippen molar-refractivity contribution in [2.75, 3.05) is 7.11 Å². The second kappa shape index (κ2) is 6.68. The number of esters is 1. The lowest BCUT2D eigenvalue weighted by Gasteiger charge is -2.24. The van der Waals surface area contributed by atoms with Gasteiger partial charge >= 0.3 is 18.0 Å². The summed E-state index contributed by atoms with van der Waals surface area (Å²) in [5.41, 5.74) is -1.05. The van der Waals surface area contributed by atoms with Crippen molar-refractivity contribution >= 4 is 18.0 Å². The molecule has 0 heterocycles. The topological polar surface area (TPSA) is 136 Å². The number of carboxylic acids is 1. The predicted octanol–water partition coefficient (Wildman–Crippen LogP) is 0.431. The summed E-state index contributed by atoms with van der Waals surface area (Å²) in [5.74, 6) is -2.73. The van der Waals surface area contributed by atoms with Gasteiger partial charge in [-0.3, -0.25) is 4.79 Å². The molecule has 0 rings (SSSR count). The molecule has 0 saturated heterocycles. The molecule has 0 aliphatic heterocycles. The second-order valence-electron chi connectivity index (χ2n) is 4.70. The summed E-state index contributed by atoms with van der Waals surface area (Å²) in [6.07, 6.45) is -2.42. The van der Waals surface area contributed by atoms with Gasteiger partial charge in [-0.25, -0.2) is 19.7 Å². The van der Waals surface area contributed by atoms with Gasteiger partial charge in [-0.2, -0.15) is 0 Å². The van der Waals surface area contributed by atoms with E-state index in [0.717, 1.165) is 7.11 Å². The lowest BCUT2D eigenvalue weighted by atomic mass is 10.2. The maximum absolute atomic E-state index is 11.7. The first kappa shape index (κ1) is 17.6. The molecule has 0 aromatic carbocycles. The van der Waals surface area contributed by atoms with Crippen LogP contribution < -0.4 is 0 Å². The minimum Gasteiger partial charge on any atom is -0.481 e. The Hall–Kier alpha value is -2.39. The van der Waals surface area contributed by atoms with Crippen LogP contribution in [-0.4, -0.2) is 51.9 Å². The summed E-state index contributed by atoms with van der Waals surface area (Å²) in [4.78, 5) is 44.7. The van der Waals surface area contributed by atoms with Gasteiger partial charge in [-0.1, -0.05) is 0 Å². The lowest BCUT2D eigenvalue weighted by Crippen LogP contribution is -2.51. The standard InChI is InChI=1S/C10H16N2O8/c1-10(2,3)20-9(16)11(12(17)18)6(5-7(13)14)8(15)19-4/h6H,5H2,1-4H3,(H,13,14)/t6-/m0/s1. The highest BCUT2D eigenvalue weighted by Crippen LogP contribution is 2.14. The molecule has 1 amide bonds. The zero-order valence-corrected chi connectivity index (χ0v) is 11.5. The van der Waals surface area contributed by atoms with Gasteiger partial charge in [0, 0.05) is 0 Å². The second-order valence-corrected chi connectivity index (χ2v) is 4.70. The Morgan fingerprint density at radius 2 is 1.85 bits per heavy atom. The molecule has 10 heteroatoms. The maximum Gasteiger partial charge on any atom is 0.469 e. The molecule has 0 aliphatic rings. The van der Waals surface area contributed by atoms with Crippen LogP contribution in [0.15, 0.2) is 0 Å². The summed E-state index contributed by atoms with van der Waals surface area (Å²) in [5, 5.41) is 18.2. The third-order valence-corrected chi connectivity index (χ3v) is 1.89. The number of carboxylic acid groups (broad SMARTS) is 1. The summed E-state index contributed by atoms with van der Waals surface area (Å²) in [7, 11) is 0.921. The van der Waals surface area contributed by atoms with Crippen molar-refractivity contribution < 1.29 is 34.0 Å². The molecule has 0 radical (unpaired) electrons. The first-order chi connectivity index (χ1) is 8.99. The fourth-order valence-electron chi connectivity index (χ4n) is 1.19. The van der Waals surface area contributed by atoms with Crippen LogP contribution in [0.1, 0.15) is 27.2 Å². The number of nitrogens with zero attached hydrogens (tertiary/aromatic N) is 2. The molecule has 0 fully saturated rings. The average molecular weight is 292 g/mol. The van der Waals surface area contributed by atoms with E-state index < -0.39 is 41.1 Å². The quantitative estimate of drug-likeness (QED) is 0.437. The number of methoxy groups -OCH3 is 1. The molecule has 0 bridgehead atoms. The number of hydrogen-bond acceptors (Lipinski definition) is 7. The van der Waals surface area contributed by atoms with Gasteiger partial charge in [0.05, 0.1) is 13.5 Å². The molecule has 0 aromatic rings. The van der Waals surface area contributed by atoms with Crippen LogP contribution in [0.5, 0.6) is 0 Å². The number of rotatable bonds is 5. The third kappa shape index (κ3) is 5.50. The Morgan fingerprint density at radius 3 is 2.15 bits per heavy atom. The van der Waals surface area contributed by atoms with Crippen molar-refractivity contribution in [3.05, 3.63) is 10.1 Å². The highest BCUT2D eigenvalue weighted by molar-refractivity contribution is 5.85. The molecule has 0 aromatic heterocycles. The zero-order valence-electron chi connectivity index (χ0n) is 11.5. The first-order valence-corrected chi connectivity index (χ1v) is 5.45. The molecule has 20 heavy (non-hydrogen) atoms. The monoisotopic (exact) mass is 292 g/mol. The van der Waals surface area contributed by atoms with E-state index in [-0.39, 0.29) is 5.01 Å². The van der Waals surface area contributed by atoms with Gasteiger partial charge in [0.2, 0.25) is 6.04 Å². The van der Waals surface area contributed by atoms with Crippen molar-refractivity contribution in [1.82, 2.24) is 5.01 Å². The Balaban J connectivity index is 5.38. The van der Waals surface area contributed by atoms with Gasteiger partial charge in [0.1, 0.15) is 5.60 Å². The molecule has 1 atom stereocenters. The molecule has 0 aliphatic carbocycles. The van der Waals surface area contributed by atoms with E-state index in [9.17, 15) is 24.5 Å². The van der Waals surface area contributed by atoms with Crippen LogP contribution in [0.25, 0.3) is 0 Å². The van der Waals surface area contributed by atoms with Crippen LogP contribution in [0, 0.1) is 10.1 Å². The molecular formula is C10H16N2O8. The summed E-state index contributed by atoms with van der Waals surface area (Å²) >= 11 is 0. The van der Waals surface area contributed by atoms with Gasteiger partial charge in [-0.15, -0.1) is 0 Å². The SMILES string of the molecule is COC(=O)[C@H](CC(=O)O)N(C(=O)OC(C)(C)C)[N+](=O)[O-]. The lowest BCUT2D eigenvalue weighted by molar-refractivity contribution is -0.641. The molecule has 10 nitrogen and oxygen atoms in total. The fourth-order valence-corrected chi connectivity index (χ4v) is 1.19. The van der Waals surface area contributed by atoms with Crippen molar-refractivity contribution in [1.29, 1.82) is 0 Å². The van der Waals surface area contributed by atoms with Crippen LogP contribution in [0.4, 0.5) is 4.79 Å². The van der Waals surface area contributed by atoms with E-state index in [0.29, 0.717) is 0 Å². The number of hydrazine groups is 1. The van der Waals surface area contributed by atoms with E-state index in [1.165, 1.54) is 20.8 Å². The van der Waals surface area contributed by atoms with E-state index in [1.54, 1.807) is 0 Å². The summed E-state index contributed by atoms with van der Waals surface area (Å²) in [6.45, 7) is 4.40. The summed E-state index contributed by atoms with van der Waals surface area (Å²) < 4.78 is 9.03. The van der Waals surface area contributed by atoms with E-state index in [2.05, 4.69) is 4.74 Å². The number of ether oxygens (including phenoxy) is 2. The number of amides is 1. The number of carbonyl (C=O) groups is 3. The largest absolute Gasteiger partial charge is 0.481 e. The van der Waals surface area contributed by atoms with Crippen LogP contribution >= 0.6 is 0 Å². The van der Waals surface area contributed by atoms with Crippen molar-refractivity contribution in [3.63, 3.8) is 0 Å². The number of nitro groups is 1. The third-order valence-electron chi connectivity index (χ3n) is 1.89. The molecular weight excluding hydrogens is 276 g/mol. The van der Waals surface area contributed by atoms with Crippen LogP contribution in [0.3, 0.4) is 0 Å². The van der Waals surface area contributed by atoms with Crippen LogP contribution in [-0.2, 0) is 19.1 Å². The molecule has 1 N–H and O–H groups in total. The Morgan fingerprint density at radius 1 is 1.35 bits per heavy atom. The molecule has 0 unspecified atom stereocenters. The number of carbonyl (C=O) groups excluding carboxylic acids is 2. The number of hydrogen-bond donors (Lipinski definition) is 1. The highest BCUT2D eigenvalue weighted by atomic mass is 16.7. The Kier molecular flexibility index (Phi) is 5.88. The molecule has 114 valence electrons. The van der Waals surface area contributed by atoms with Gasteiger partial charge in [-0.05, 0) is 25.8 Å². The Labute approximate surface area is 114 Å². The van der Waals surface area contributed by atoms with Crippen molar-refractivity contribution in [2.45, 2.75) is 38.8 Å². The van der Waals surface area contributed by atoms with E-state index in [1.807, 2.05) is 0 Å². The highest BCUT2D eigenvalue weighted by Gasteiger charge is 2.43. The smallest absolute Gasteiger partial charge is 0.469 e. The normalized spacial score (nSPS) is 12.2. The minimum atomic E-state index is -1.91. The maximum atomic E-state index is 11.7. The zero-order chi connectivity index (χ0) is 16.1. The van der Waals surface area contributed by atoms with Gasteiger partial charge in [0.25, 0.3) is 0 Å². The van der Waals surface area contributed by atoms with Gasteiger partial charge < -0.3 is 14.6 Å². The average Bonchev–Trinajstić information content (AvgIpc) is 2.23. The fraction of sp³-hybridized carbons (Fsp3) is 0.700. The van der Waals surface area contributed by atoms with Crippen molar-refractivity contribution in [3.8, 4) is 0 Å². The van der Waals surface area contributed by atoms with E-state index in [4.69, 9.17) is 9.84 Å². The minimum absolute atomic E-state index is 0.189. The van der Waals surface area contributed by atoms with Gasteiger partial charge in [0.15, 0.2) is 5.03 Å². The molecule has 0 saturated carbocycles. The number of aliphatic carboxylic acids is 1. The molecule has 0 spiro atoms. The summed E-state index contributed by atoms with van der Waals surface area (Å²) in [6, 6.07) is -1.91. The predicted molar refractivity (Wildman–Crippen MR) is 63.1 cm³/mol. The first-order valence-electron chi connectivity index (χ1n) is 5.45. The Bertz CT molecular complexity index is 414.